The maximum absolute atomic E-state index is 12.1. The molecule has 7 heteroatoms. The van der Waals surface area contributed by atoms with Gasteiger partial charge in [-0.15, -0.1) is 24.5 Å². The van der Waals surface area contributed by atoms with E-state index < -0.39 is 6.36 Å². The number of benzene rings is 1. The standard InChI is InChI=1S/C14H13BrF3NOS/c1-19-12(8-11-6-7-13(15)21-11)9-2-4-10(5-3-9)20-14(16,17)18/h2-7,12,19H,8H2,1H3. The molecule has 0 aliphatic heterocycles. The van der Waals surface area contributed by atoms with Crippen molar-refractivity contribution in [2.24, 2.45) is 0 Å². The molecule has 2 rings (SSSR count). The van der Waals surface area contributed by atoms with Gasteiger partial charge in [-0.25, -0.2) is 0 Å². The molecular weight excluding hydrogens is 367 g/mol. The van der Waals surface area contributed by atoms with Gasteiger partial charge in [0.15, 0.2) is 0 Å². The third kappa shape index (κ3) is 5.01. The van der Waals surface area contributed by atoms with E-state index in [2.05, 4.69) is 26.0 Å². The summed E-state index contributed by atoms with van der Waals surface area (Å²) in [5.41, 5.74) is 0.913. The van der Waals surface area contributed by atoms with Crippen LogP contribution in [0.3, 0.4) is 0 Å². The fourth-order valence-electron chi connectivity index (χ4n) is 1.95. The molecule has 0 aliphatic rings. The molecular formula is C14H13BrF3NOS. The van der Waals surface area contributed by atoms with Crippen LogP contribution in [0.2, 0.25) is 0 Å². The summed E-state index contributed by atoms with van der Waals surface area (Å²) in [7, 11) is 1.83. The second kappa shape index (κ2) is 6.81. The van der Waals surface area contributed by atoms with Crippen molar-refractivity contribution in [2.45, 2.75) is 18.8 Å². The highest BCUT2D eigenvalue weighted by molar-refractivity contribution is 9.11. The summed E-state index contributed by atoms with van der Waals surface area (Å²) in [6, 6.07) is 9.99. The lowest BCUT2D eigenvalue weighted by Crippen LogP contribution is -2.19. The Morgan fingerprint density at radius 2 is 1.86 bits per heavy atom. The molecule has 1 aromatic carbocycles. The fourth-order valence-corrected chi connectivity index (χ4v) is 3.48. The van der Waals surface area contributed by atoms with Gasteiger partial charge in [-0.05, 0) is 52.8 Å². The van der Waals surface area contributed by atoms with E-state index >= 15 is 0 Å². The van der Waals surface area contributed by atoms with Crippen LogP contribution in [0.4, 0.5) is 13.2 Å². The third-order valence-corrected chi connectivity index (χ3v) is 4.54. The minimum Gasteiger partial charge on any atom is -0.406 e. The predicted octanol–water partition coefficient (Wildman–Crippen LogP) is 4.91. The zero-order valence-electron chi connectivity index (χ0n) is 11.1. The minimum absolute atomic E-state index is 0.0375. The fraction of sp³-hybridized carbons (Fsp3) is 0.286. The molecule has 1 unspecified atom stereocenters. The lowest BCUT2D eigenvalue weighted by molar-refractivity contribution is -0.274. The van der Waals surface area contributed by atoms with E-state index in [1.807, 2.05) is 19.2 Å². The molecule has 0 saturated carbocycles. The lowest BCUT2D eigenvalue weighted by Gasteiger charge is -2.16. The van der Waals surface area contributed by atoms with Gasteiger partial charge in [0.2, 0.25) is 0 Å². The molecule has 0 amide bonds. The number of rotatable bonds is 5. The van der Waals surface area contributed by atoms with Gasteiger partial charge in [0.05, 0.1) is 3.79 Å². The molecule has 1 heterocycles. The van der Waals surface area contributed by atoms with Crippen LogP contribution in [-0.2, 0) is 6.42 Å². The van der Waals surface area contributed by atoms with Crippen molar-refractivity contribution in [3.63, 3.8) is 0 Å². The SMILES string of the molecule is CNC(Cc1ccc(Br)s1)c1ccc(OC(F)(F)F)cc1. The number of halogens is 4. The first-order chi connectivity index (χ1) is 9.87. The van der Waals surface area contributed by atoms with Gasteiger partial charge in [-0.3, -0.25) is 0 Å². The first kappa shape index (κ1) is 16.3. The van der Waals surface area contributed by atoms with E-state index in [4.69, 9.17) is 0 Å². The highest BCUT2D eigenvalue weighted by Crippen LogP contribution is 2.28. The van der Waals surface area contributed by atoms with Crippen LogP contribution in [0.5, 0.6) is 5.75 Å². The van der Waals surface area contributed by atoms with Crippen LogP contribution < -0.4 is 10.1 Å². The van der Waals surface area contributed by atoms with E-state index in [1.54, 1.807) is 23.5 Å². The van der Waals surface area contributed by atoms with Gasteiger partial charge in [0, 0.05) is 17.3 Å². The average molecular weight is 380 g/mol. The summed E-state index contributed by atoms with van der Waals surface area (Å²) in [5.74, 6) is -0.208. The van der Waals surface area contributed by atoms with E-state index in [0.29, 0.717) is 0 Å². The van der Waals surface area contributed by atoms with Crippen molar-refractivity contribution in [3.05, 3.63) is 50.6 Å². The molecule has 0 fully saturated rings. The van der Waals surface area contributed by atoms with Crippen LogP contribution in [0.25, 0.3) is 0 Å². The second-order valence-corrected chi connectivity index (χ2v) is 6.92. The Labute approximate surface area is 133 Å². The summed E-state index contributed by atoms with van der Waals surface area (Å²) in [4.78, 5) is 1.19. The van der Waals surface area contributed by atoms with Crippen LogP contribution >= 0.6 is 27.3 Å². The third-order valence-electron chi connectivity index (χ3n) is 2.90. The first-order valence-electron chi connectivity index (χ1n) is 6.14. The smallest absolute Gasteiger partial charge is 0.406 e. The summed E-state index contributed by atoms with van der Waals surface area (Å²) < 4.78 is 41.3. The predicted molar refractivity (Wildman–Crippen MR) is 80.6 cm³/mol. The zero-order valence-corrected chi connectivity index (χ0v) is 13.5. The van der Waals surface area contributed by atoms with Gasteiger partial charge < -0.3 is 10.1 Å². The Hall–Kier alpha value is -1.05. The Bertz CT molecular complexity index is 583. The van der Waals surface area contributed by atoms with Crippen molar-refractivity contribution < 1.29 is 17.9 Å². The topological polar surface area (TPSA) is 21.3 Å². The van der Waals surface area contributed by atoms with E-state index in [0.717, 1.165) is 15.8 Å². The Morgan fingerprint density at radius 3 is 2.33 bits per heavy atom. The van der Waals surface area contributed by atoms with Crippen LogP contribution in [0, 0.1) is 0 Å². The maximum atomic E-state index is 12.1. The summed E-state index contributed by atoms with van der Waals surface area (Å²) in [6.07, 6.45) is -3.89. The molecule has 1 N–H and O–H groups in total. The molecule has 21 heavy (non-hydrogen) atoms. The van der Waals surface area contributed by atoms with Gasteiger partial charge in [-0.1, -0.05) is 12.1 Å². The molecule has 0 radical (unpaired) electrons. The van der Waals surface area contributed by atoms with Crippen molar-refractivity contribution in [2.75, 3.05) is 7.05 Å². The van der Waals surface area contributed by atoms with Gasteiger partial charge in [-0.2, -0.15) is 0 Å². The molecule has 114 valence electrons. The second-order valence-electron chi connectivity index (χ2n) is 4.37. The number of thiophene rings is 1. The lowest BCUT2D eigenvalue weighted by atomic mass is 10.0. The number of likely N-dealkylation sites (N-methyl/N-ethyl adjacent to an activating group) is 1. The van der Waals surface area contributed by atoms with Gasteiger partial charge in [0.25, 0.3) is 0 Å². The quantitative estimate of drug-likeness (QED) is 0.796. The van der Waals surface area contributed by atoms with E-state index in [1.165, 1.54) is 17.0 Å². The average Bonchev–Trinajstić information content (AvgIpc) is 2.81. The Balaban J connectivity index is 2.08. The van der Waals surface area contributed by atoms with Crippen LogP contribution in [-0.4, -0.2) is 13.4 Å². The molecule has 0 saturated heterocycles. The van der Waals surface area contributed by atoms with Gasteiger partial charge in [0.1, 0.15) is 5.75 Å². The summed E-state index contributed by atoms with van der Waals surface area (Å²) >= 11 is 5.05. The number of hydrogen-bond acceptors (Lipinski definition) is 3. The zero-order chi connectivity index (χ0) is 15.5. The highest BCUT2D eigenvalue weighted by atomic mass is 79.9. The molecule has 1 atom stereocenters. The monoisotopic (exact) mass is 379 g/mol. The van der Waals surface area contributed by atoms with Crippen molar-refractivity contribution in [3.8, 4) is 5.75 Å². The molecule has 0 bridgehead atoms. The summed E-state index contributed by atoms with van der Waals surface area (Å²) in [5, 5.41) is 3.17. The maximum Gasteiger partial charge on any atom is 0.573 e. The first-order valence-corrected chi connectivity index (χ1v) is 7.75. The minimum atomic E-state index is -4.66. The molecule has 2 aromatic rings. The Morgan fingerprint density at radius 1 is 1.19 bits per heavy atom. The van der Waals surface area contributed by atoms with Crippen LogP contribution in [0.15, 0.2) is 40.2 Å². The molecule has 2 nitrogen and oxygen atoms in total. The van der Waals surface area contributed by atoms with Crippen molar-refractivity contribution >= 4 is 27.3 Å². The molecule has 0 spiro atoms. The normalized spacial score (nSPS) is 13.2. The Kier molecular flexibility index (Phi) is 5.29. The van der Waals surface area contributed by atoms with Crippen LogP contribution in [0.1, 0.15) is 16.5 Å². The number of hydrogen-bond donors (Lipinski definition) is 1. The number of alkyl halides is 3. The number of nitrogens with one attached hydrogen (secondary N) is 1. The summed E-state index contributed by atoms with van der Waals surface area (Å²) in [6.45, 7) is 0. The van der Waals surface area contributed by atoms with E-state index in [-0.39, 0.29) is 11.8 Å². The highest BCUT2D eigenvalue weighted by Gasteiger charge is 2.31. The number of ether oxygens (including phenoxy) is 1. The molecule has 1 aromatic heterocycles. The largest absolute Gasteiger partial charge is 0.573 e. The van der Waals surface area contributed by atoms with Gasteiger partial charge >= 0.3 is 6.36 Å². The van der Waals surface area contributed by atoms with E-state index in [9.17, 15) is 13.2 Å². The van der Waals surface area contributed by atoms with Crippen molar-refractivity contribution in [1.29, 1.82) is 0 Å². The van der Waals surface area contributed by atoms with Crippen molar-refractivity contribution in [1.82, 2.24) is 5.32 Å². The molecule has 0 aliphatic carbocycles.